The van der Waals surface area contributed by atoms with Gasteiger partial charge in [0, 0.05) is 24.9 Å². The van der Waals surface area contributed by atoms with Gasteiger partial charge < -0.3 is 19.8 Å². The van der Waals surface area contributed by atoms with Crippen LogP contribution in [0, 0.1) is 0 Å². The van der Waals surface area contributed by atoms with E-state index < -0.39 is 0 Å². The number of benzene rings is 1. The molecule has 0 radical (unpaired) electrons. The first-order valence-electron chi connectivity index (χ1n) is 12.3. The number of phenolic OH excluding ortho intramolecular Hbond substituents is 2. The maximum atomic E-state index is 10.8. The van der Waals surface area contributed by atoms with E-state index in [1.807, 2.05) is 30.6 Å². The van der Waals surface area contributed by atoms with Crippen LogP contribution in [0.3, 0.4) is 0 Å². The van der Waals surface area contributed by atoms with Crippen LogP contribution < -0.4 is 4.74 Å². The molecule has 1 aromatic heterocycles. The molecule has 1 saturated heterocycles. The van der Waals surface area contributed by atoms with Crippen LogP contribution in [-0.4, -0.2) is 56.1 Å². The number of aromatic hydroxyl groups is 2. The summed E-state index contributed by atoms with van der Waals surface area (Å²) in [6, 6.07) is 3.60. The first-order chi connectivity index (χ1) is 16.3. The Morgan fingerprint density at radius 3 is 2.56 bits per heavy atom. The number of rotatable bonds is 5. The summed E-state index contributed by atoms with van der Waals surface area (Å²) in [5, 5.41) is 30.0. The number of aromatic nitrogens is 3. The van der Waals surface area contributed by atoms with Gasteiger partial charge in [-0.05, 0) is 69.2 Å². The van der Waals surface area contributed by atoms with Gasteiger partial charge in [-0.3, -0.25) is 0 Å². The summed E-state index contributed by atoms with van der Waals surface area (Å²) in [4.78, 5) is 2.30. The van der Waals surface area contributed by atoms with E-state index in [0.717, 1.165) is 68.4 Å². The lowest BCUT2D eigenvalue weighted by Gasteiger charge is -2.29. The third-order valence-corrected chi connectivity index (χ3v) is 6.63. The van der Waals surface area contributed by atoms with Gasteiger partial charge in [0.25, 0.3) is 0 Å². The molecule has 1 aliphatic heterocycles. The van der Waals surface area contributed by atoms with Crippen molar-refractivity contribution < 1.29 is 14.9 Å². The minimum absolute atomic E-state index is 0.0431. The molecule has 0 saturated carbocycles. The lowest BCUT2D eigenvalue weighted by molar-refractivity contribution is 0.103. The monoisotopic (exact) mass is 464 g/mol. The summed E-state index contributed by atoms with van der Waals surface area (Å²) in [7, 11) is 2.12. The Morgan fingerprint density at radius 2 is 1.82 bits per heavy atom. The van der Waals surface area contributed by atoms with E-state index in [9.17, 15) is 10.2 Å². The van der Waals surface area contributed by atoms with Crippen molar-refractivity contribution in [3.8, 4) is 28.9 Å². The zero-order valence-electron chi connectivity index (χ0n) is 20.5. The molecule has 4 rings (SSSR count). The second kappa shape index (κ2) is 10.5. The summed E-state index contributed by atoms with van der Waals surface area (Å²) in [6.07, 6.45) is 12.2. The van der Waals surface area contributed by atoms with Gasteiger partial charge in [-0.1, -0.05) is 43.3 Å². The van der Waals surface area contributed by atoms with E-state index in [4.69, 9.17) is 4.74 Å². The molecule has 34 heavy (non-hydrogen) atoms. The van der Waals surface area contributed by atoms with E-state index >= 15 is 0 Å². The molecule has 2 N–H and O–H groups in total. The van der Waals surface area contributed by atoms with Crippen molar-refractivity contribution in [2.75, 3.05) is 20.1 Å². The van der Waals surface area contributed by atoms with Gasteiger partial charge in [0.15, 0.2) is 5.82 Å². The molecule has 0 atom stereocenters. The van der Waals surface area contributed by atoms with Crippen molar-refractivity contribution in [3.05, 3.63) is 48.1 Å². The Bertz CT molecular complexity index is 1090. The second-order valence-electron chi connectivity index (χ2n) is 9.71. The largest absolute Gasteiger partial charge is 0.508 e. The maximum absolute atomic E-state index is 10.8. The fourth-order valence-electron chi connectivity index (χ4n) is 4.51. The van der Waals surface area contributed by atoms with Gasteiger partial charge in [0.1, 0.15) is 17.6 Å². The molecule has 1 fully saturated rings. The summed E-state index contributed by atoms with van der Waals surface area (Å²) >= 11 is 0. The minimum Gasteiger partial charge on any atom is -0.508 e. The number of piperidine rings is 1. The van der Waals surface area contributed by atoms with Crippen LogP contribution >= 0.6 is 0 Å². The van der Waals surface area contributed by atoms with Gasteiger partial charge in [0.2, 0.25) is 0 Å². The zero-order chi connectivity index (χ0) is 24.2. The van der Waals surface area contributed by atoms with Crippen molar-refractivity contribution in [1.29, 1.82) is 0 Å². The summed E-state index contributed by atoms with van der Waals surface area (Å²) < 4.78 is 8.29. The van der Waals surface area contributed by atoms with Gasteiger partial charge in [-0.15, -0.1) is 5.10 Å². The predicted molar refractivity (Wildman–Crippen MR) is 135 cm³/mol. The van der Waals surface area contributed by atoms with Crippen LogP contribution in [0.4, 0.5) is 0 Å². The number of ether oxygens (including phenoxy) is 1. The molecule has 1 aromatic carbocycles. The Balaban J connectivity index is 1.82. The van der Waals surface area contributed by atoms with Crippen molar-refractivity contribution in [3.63, 3.8) is 0 Å². The van der Waals surface area contributed by atoms with Gasteiger partial charge >= 0.3 is 6.01 Å². The van der Waals surface area contributed by atoms with Crippen LogP contribution in [0.15, 0.2) is 42.5 Å². The molecule has 2 aromatic rings. The summed E-state index contributed by atoms with van der Waals surface area (Å²) in [5.74, 6) is 0.600. The standard InChI is InChI=1S/C27H36N4O3/c1-18(2)22-16-23(25(33)17-24(22)32)26-28-29-27(34-21-12-14-30(4)15-13-21)31(26)20-9-7-5-6-8-19(3)10-11-20/h9-11,16-18,21,32-33H,3,5-8,12-15H2,1-2,4H3/b11-10-,20-9+. The SMILES string of the molecule is C=C1/C=C\C(n2c(OC3CCN(C)CC3)nnc2-c2cc(C(C)C)c(O)cc2O)=C/CCCC1. The minimum atomic E-state index is -0.0431. The van der Waals surface area contributed by atoms with E-state index in [-0.39, 0.29) is 23.5 Å². The van der Waals surface area contributed by atoms with Crippen molar-refractivity contribution in [2.24, 2.45) is 0 Å². The van der Waals surface area contributed by atoms with E-state index in [0.29, 0.717) is 17.4 Å². The van der Waals surface area contributed by atoms with Gasteiger partial charge in [0.05, 0.1) is 5.56 Å². The highest BCUT2D eigenvalue weighted by atomic mass is 16.5. The second-order valence-corrected chi connectivity index (χ2v) is 9.71. The fourth-order valence-corrected chi connectivity index (χ4v) is 4.51. The Hall–Kier alpha value is -3.06. The topological polar surface area (TPSA) is 83.6 Å². The molecule has 182 valence electrons. The molecule has 7 heteroatoms. The Morgan fingerprint density at radius 1 is 1.06 bits per heavy atom. The summed E-state index contributed by atoms with van der Waals surface area (Å²) in [6.45, 7) is 10.1. The highest BCUT2D eigenvalue weighted by Gasteiger charge is 2.26. The molecule has 2 heterocycles. The molecule has 2 aliphatic rings. The predicted octanol–water partition coefficient (Wildman–Crippen LogP) is 5.48. The Kier molecular flexibility index (Phi) is 7.41. The highest BCUT2D eigenvalue weighted by molar-refractivity contribution is 5.73. The van der Waals surface area contributed by atoms with Crippen LogP contribution in [0.1, 0.15) is 63.9 Å². The fraction of sp³-hybridized carbons (Fsp3) is 0.481. The molecule has 0 unspecified atom stereocenters. The first kappa shape index (κ1) is 24.1. The average molecular weight is 465 g/mol. The van der Waals surface area contributed by atoms with Crippen LogP contribution in [0.2, 0.25) is 0 Å². The van der Waals surface area contributed by atoms with E-state index in [1.165, 1.54) is 6.07 Å². The highest BCUT2D eigenvalue weighted by Crippen LogP contribution is 2.39. The molecular weight excluding hydrogens is 428 g/mol. The molecule has 7 nitrogen and oxygen atoms in total. The lowest BCUT2D eigenvalue weighted by atomic mass is 9.98. The molecule has 1 aliphatic carbocycles. The zero-order valence-corrected chi connectivity index (χ0v) is 20.5. The van der Waals surface area contributed by atoms with E-state index in [2.05, 4.69) is 34.8 Å². The van der Waals surface area contributed by atoms with Gasteiger partial charge in [-0.2, -0.15) is 0 Å². The number of hydrogen-bond acceptors (Lipinski definition) is 6. The van der Waals surface area contributed by atoms with Crippen molar-refractivity contribution in [1.82, 2.24) is 19.7 Å². The van der Waals surface area contributed by atoms with Crippen molar-refractivity contribution in [2.45, 2.75) is 64.4 Å². The quantitative estimate of drug-likeness (QED) is 0.610. The smallest absolute Gasteiger partial charge is 0.322 e. The van der Waals surface area contributed by atoms with Crippen LogP contribution in [-0.2, 0) is 0 Å². The molecule has 0 amide bonds. The lowest BCUT2D eigenvalue weighted by Crippen LogP contribution is -2.36. The van der Waals surface area contributed by atoms with Crippen LogP contribution in [0.25, 0.3) is 17.1 Å². The normalized spacial score (nSPS) is 20.9. The average Bonchev–Trinajstić information content (AvgIpc) is 3.23. The number of phenols is 2. The first-order valence-corrected chi connectivity index (χ1v) is 12.3. The number of nitrogens with zero attached hydrogens (tertiary/aromatic N) is 4. The van der Waals surface area contributed by atoms with Crippen molar-refractivity contribution >= 4 is 5.70 Å². The third kappa shape index (κ3) is 5.36. The number of allylic oxidation sites excluding steroid dienone is 5. The van der Waals surface area contributed by atoms with Gasteiger partial charge in [-0.25, -0.2) is 4.57 Å². The molecule has 0 bridgehead atoms. The third-order valence-electron chi connectivity index (χ3n) is 6.63. The number of hydrogen-bond donors (Lipinski definition) is 2. The summed E-state index contributed by atoms with van der Waals surface area (Å²) in [5.41, 5.74) is 3.23. The van der Waals surface area contributed by atoms with E-state index in [1.54, 1.807) is 6.07 Å². The van der Waals surface area contributed by atoms with Crippen LogP contribution in [0.5, 0.6) is 17.5 Å². The number of likely N-dealkylation sites (tertiary alicyclic amines) is 1. The molecule has 0 spiro atoms. The Labute approximate surface area is 202 Å². The molecular formula is C27H36N4O3. The maximum Gasteiger partial charge on any atom is 0.322 e.